The lowest BCUT2D eigenvalue weighted by Crippen LogP contribution is -2.64. The Hall–Kier alpha value is 0. The van der Waals surface area contributed by atoms with Crippen LogP contribution < -0.4 is 0 Å². The fourth-order valence-corrected chi connectivity index (χ4v) is 7.32. The lowest BCUT2D eigenvalue weighted by molar-refractivity contribution is -0.226. The molecule has 0 spiro atoms. The Morgan fingerprint density at radius 1 is 0.667 bits per heavy atom. The molecular weight excluding hydrogens is 180 g/mol. The SMILES string of the molecule is C[C@H]1C2CC3C4CC5CC3C1C(C5)C4C2. The molecule has 0 N–H and O–H groups in total. The molecule has 0 aliphatic heterocycles. The Labute approximate surface area is 92.8 Å². The van der Waals surface area contributed by atoms with Crippen molar-refractivity contribution in [2.24, 2.45) is 53.3 Å². The van der Waals surface area contributed by atoms with Gasteiger partial charge >= 0.3 is 0 Å². The van der Waals surface area contributed by atoms with Crippen molar-refractivity contribution in [3.63, 3.8) is 0 Å². The molecule has 0 radical (unpaired) electrons. The quantitative estimate of drug-likeness (QED) is 0.563. The van der Waals surface area contributed by atoms with Crippen molar-refractivity contribution in [3.8, 4) is 0 Å². The summed E-state index contributed by atoms with van der Waals surface area (Å²) >= 11 is 0. The van der Waals surface area contributed by atoms with Gasteiger partial charge in [0.2, 0.25) is 0 Å². The zero-order valence-corrected chi connectivity index (χ0v) is 9.73. The molecule has 0 nitrogen and oxygen atoms in total. The first kappa shape index (κ1) is 8.14. The molecule has 0 saturated heterocycles. The van der Waals surface area contributed by atoms with E-state index in [9.17, 15) is 0 Å². The highest BCUT2D eigenvalue weighted by molar-refractivity contribution is 5.13. The molecule has 7 fully saturated rings. The van der Waals surface area contributed by atoms with Crippen molar-refractivity contribution < 1.29 is 0 Å². The summed E-state index contributed by atoms with van der Waals surface area (Å²) in [5.74, 6) is 10.7. The largest absolute Gasteiger partial charge is 0.0620 e. The van der Waals surface area contributed by atoms with E-state index in [2.05, 4.69) is 6.92 Å². The number of hydrogen-bond acceptors (Lipinski definition) is 0. The van der Waals surface area contributed by atoms with Crippen LogP contribution in [0.4, 0.5) is 0 Å². The molecule has 82 valence electrons. The smallest absolute Gasteiger partial charge is 0.0323 e. The lowest BCUT2D eigenvalue weighted by atomic mass is 9.34. The van der Waals surface area contributed by atoms with Crippen LogP contribution in [0.3, 0.4) is 0 Å². The molecule has 7 aliphatic rings. The molecule has 0 aromatic heterocycles. The maximum atomic E-state index is 2.60. The van der Waals surface area contributed by atoms with Crippen LogP contribution in [0.25, 0.3) is 0 Å². The van der Waals surface area contributed by atoms with Gasteiger partial charge in [-0.25, -0.2) is 0 Å². The third-order valence-corrected chi connectivity index (χ3v) is 7.51. The molecule has 0 heterocycles. The van der Waals surface area contributed by atoms with Gasteiger partial charge in [-0.2, -0.15) is 0 Å². The Bertz CT molecular complexity index is 296. The third-order valence-electron chi connectivity index (χ3n) is 7.51. The predicted octanol–water partition coefficient (Wildman–Crippen LogP) is 3.57. The van der Waals surface area contributed by atoms with Crippen LogP contribution in [-0.4, -0.2) is 0 Å². The fourth-order valence-electron chi connectivity index (χ4n) is 7.32. The summed E-state index contributed by atoms with van der Waals surface area (Å²) in [6.07, 6.45) is 8.22. The van der Waals surface area contributed by atoms with E-state index in [0.29, 0.717) is 0 Å². The third kappa shape index (κ3) is 0.746. The topological polar surface area (TPSA) is 0 Å². The maximum Gasteiger partial charge on any atom is -0.0323 e. The van der Waals surface area contributed by atoms with Crippen LogP contribution in [0, 0.1) is 53.3 Å². The van der Waals surface area contributed by atoms with Gasteiger partial charge in [-0.3, -0.25) is 0 Å². The summed E-state index contributed by atoms with van der Waals surface area (Å²) in [6.45, 7) is 2.60. The predicted molar refractivity (Wildman–Crippen MR) is 60.2 cm³/mol. The minimum absolute atomic E-state index is 1.10. The van der Waals surface area contributed by atoms with Gasteiger partial charge in [0.25, 0.3) is 0 Å². The van der Waals surface area contributed by atoms with Crippen molar-refractivity contribution in [1.82, 2.24) is 0 Å². The van der Waals surface area contributed by atoms with Gasteiger partial charge in [-0.05, 0) is 85.4 Å². The highest BCUT2D eigenvalue weighted by Crippen LogP contribution is 2.72. The number of rotatable bonds is 0. The van der Waals surface area contributed by atoms with Gasteiger partial charge in [-0.1, -0.05) is 6.92 Å². The molecule has 8 bridgehead atoms. The van der Waals surface area contributed by atoms with Gasteiger partial charge in [0.05, 0.1) is 0 Å². The number of hydrogen-bond donors (Lipinski definition) is 0. The highest BCUT2D eigenvalue weighted by atomic mass is 14.7. The van der Waals surface area contributed by atoms with E-state index in [-0.39, 0.29) is 0 Å². The molecular formula is C15H22. The summed E-state index contributed by atoms with van der Waals surface area (Å²) in [5, 5.41) is 0. The average molecular weight is 202 g/mol. The van der Waals surface area contributed by atoms with Crippen molar-refractivity contribution in [3.05, 3.63) is 0 Å². The monoisotopic (exact) mass is 202 g/mol. The molecule has 0 aromatic carbocycles. The molecule has 0 heteroatoms. The van der Waals surface area contributed by atoms with Crippen molar-refractivity contribution in [1.29, 1.82) is 0 Å². The summed E-state index contributed by atoms with van der Waals surface area (Å²) in [4.78, 5) is 0. The normalized spacial score (nSPS) is 73.0. The molecule has 7 rings (SSSR count). The van der Waals surface area contributed by atoms with Crippen LogP contribution in [0.1, 0.15) is 39.0 Å². The molecule has 15 heavy (non-hydrogen) atoms. The minimum Gasteiger partial charge on any atom is -0.0620 e. The standard InChI is InChI=1S/C15H22/c1-7-9-5-11-10-2-8-3-13(11)15(7)14(4-8)12(10)6-9/h7-15H,2-6H2,1H3/t7-,8?,9?,10?,11?,12?,13?,14?,15?/m0/s1. The van der Waals surface area contributed by atoms with Gasteiger partial charge in [0, 0.05) is 0 Å². The molecule has 4 unspecified atom stereocenters. The molecule has 7 saturated carbocycles. The maximum absolute atomic E-state index is 2.60. The Morgan fingerprint density at radius 2 is 1.20 bits per heavy atom. The van der Waals surface area contributed by atoms with E-state index >= 15 is 0 Å². The first-order chi connectivity index (χ1) is 7.33. The highest BCUT2D eigenvalue weighted by Gasteiger charge is 2.65. The lowest BCUT2D eigenvalue weighted by Gasteiger charge is -2.71. The van der Waals surface area contributed by atoms with Crippen LogP contribution >= 0.6 is 0 Å². The Kier molecular flexibility index (Phi) is 1.25. The van der Waals surface area contributed by atoms with E-state index in [0.717, 1.165) is 11.8 Å². The first-order valence-corrected chi connectivity index (χ1v) is 7.33. The molecule has 0 amide bonds. The molecule has 7 aliphatic carbocycles. The van der Waals surface area contributed by atoms with Crippen LogP contribution in [0.2, 0.25) is 0 Å². The average Bonchev–Trinajstić information content (AvgIpc) is 2.26. The van der Waals surface area contributed by atoms with Crippen LogP contribution in [-0.2, 0) is 0 Å². The Morgan fingerprint density at radius 3 is 1.87 bits per heavy atom. The first-order valence-electron chi connectivity index (χ1n) is 7.33. The zero-order valence-electron chi connectivity index (χ0n) is 9.73. The second-order valence-corrected chi connectivity index (χ2v) is 7.56. The van der Waals surface area contributed by atoms with Crippen LogP contribution in [0.15, 0.2) is 0 Å². The minimum atomic E-state index is 1.10. The summed E-state index contributed by atoms with van der Waals surface area (Å²) in [6, 6.07) is 0. The van der Waals surface area contributed by atoms with Crippen molar-refractivity contribution in [2.45, 2.75) is 39.0 Å². The van der Waals surface area contributed by atoms with E-state index < -0.39 is 0 Å². The zero-order chi connectivity index (χ0) is 9.73. The van der Waals surface area contributed by atoms with Gasteiger partial charge in [0.1, 0.15) is 0 Å². The molecule has 5 atom stereocenters. The van der Waals surface area contributed by atoms with Crippen molar-refractivity contribution in [2.75, 3.05) is 0 Å². The summed E-state index contributed by atoms with van der Waals surface area (Å²) in [5.41, 5.74) is 0. The molecule has 0 aromatic rings. The van der Waals surface area contributed by atoms with Gasteiger partial charge in [-0.15, -0.1) is 0 Å². The summed E-state index contributed by atoms with van der Waals surface area (Å²) in [7, 11) is 0. The summed E-state index contributed by atoms with van der Waals surface area (Å²) < 4.78 is 0. The second-order valence-electron chi connectivity index (χ2n) is 7.56. The van der Waals surface area contributed by atoms with E-state index in [1.165, 1.54) is 41.4 Å². The van der Waals surface area contributed by atoms with E-state index in [1.54, 1.807) is 32.1 Å². The van der Waals surface area contributed by atoms with Crippen LogP contribution in [0.5, 0.6) is 0 Å². The van der Waals surface area contributed by atoms with Gasteiger partial charge < -0.3 is 0 Å². The second kappa shape index (κ2) is 2.31. The Balaban J connectivity index is 1.69. The van der Waals surface area contributed by atoms with Crippen molar-refractivity contribution >= 4 is 0 Å². The van der Waals surface area contributed by atoms with Gasteiger partial charge in [0.15, 0.2) is 0 Å². The van der Waals surface area contributed by atoms with E-state index in [1.807, 2.05) is 0 Å². The fraction of sp³-hybridized carbons (Fsp3) is 1.00. The van der Waals surface area contributed by atoms with E-state index in [4.69, 9.17) is 0 Å².